The number of carbonyl (C=O) groups excluding carboxylic acids is 1. The van der Waals surface area contributed by atoms with Gasteiger partial charge in [0.15, 0.2) is 0 Å². The van der Waals surface area contributed by atoms with Crippen LogP contribution >= 0.6 is 11.6 Å². The molecule has 0 aliphatic carbocycles. The summed E-state index contributed by atoms with van der Waals surface area (Å²) in [5, 5.41) is 12.1. The maximum absolute atomic E-state index is 13.5. The SMILES string of the molecule is CC(C)CC(NC(=O)c1cc(COc2ccccc2)ccc1CCC(=O)O)c1cc(C(F)(F)F)ccc1Cl. The van der Waals surface area contributed by atoms with Crippen molar-refractivity contribution in [2.24, 2.45) is 5.92 Å². The van der Waals surface area contributed by atoms with Gasteiger partial charge in [0.2, 0.25) is 0 Å². The molecule has 0 saturated heterocycles. The third-order valence-corrected chi connectivity index (χ3v) is 6.23. The molecule has 0 aromatic heterocycles. The molecule has 2 N–H and O–H groups in total. The lowest BCUT2D eigenvalue weighted by molar-refractivity contribution is -0.138. The largest absolute Gasteiger partial charge is 0.489 e. The molecule has 9 heteroatoms. The minimum absolute atomic E-state index is 0.0306. The Morgan fingerprint density at radius 3 is 2.37 bits per heavy atom. The van der Waals surface area contributed by atoms with E-state index < -0.39 is 29.7 Å². The number of aliphatic carboxylic acids is 1. The second-order valence-corrected chi connectivity index (χ2v) is 9.78. The number of para-hydroxylation sites is 1. The lowest BCUT2D eigenvalue weighted by Crippen LogP contribution is -2.31. The van der Waals surface area contributed by atoms with E-state index in [2.05, 4.69) is 5.32 Å². The van der Waals surface area contributed by atoms with Crippen molar-refractivity contribution in [2.45, 2.75) is 51.9 Å². The zero-order chi connectivity index (χ0) is 27.9. The van der Waals surface area contributed by atoms with E-state index in [9.17, 15) is 22.8 Å². The van der Waals surface area contributed by atoms with E-state index in [4.69, 9.17) is 21.4 Å². The Balaban J connectivity index is 1.93. The number of alkyl halides is 3. The van der Waals surface area contributed by atoms with Crippen LogP contribution < -0.4 is 10.1 Å². The van der Waals surface area contributed by atoms with Crippen molar-refractivity contribution in [3.05, 3.63) is 99.6 Å². The molecule has 202 valence electrons. The average Bonchev–Trinajstić information content (AvgIpc) is 2.86. The Hall–Kier alpha value is -3.52. The molecule has 3 aromatic rings. The molecule has 1 amide bonds. The van der Waals surface area contributed by atoms with Gasteiger partial charge in [0.1, 0.15) is 12.4 Å². The molecule has 3 rings (SSSR count). The van der Waals surface area contributed by atoms with Crippen LogP contribution in [-0.4, -0.2) is 17.0 Å². The predicted octanol–water partition coefficient (Wildman–Crippen LogP) is 7.47. The fraction of sp³-hybridized carbons (Fsp3) is 0.310. The Kier molecular flexibility index (Phi) is 9.80. The van der Waals surface area contributed by atoms with Crippen LogP contribution in [0, 0.1) is 5.92 Å². The molecule has 0 aliphatic rings. The summed E-state index contributed by atoms with van der Waals surface area (Å²) < 4.78 is 46.0. The maximum Gasteiger partial charge on any atom is 0.416 e. The van der Waals surface area contributed by atoms with E-state index >= 15 is 0 Å². The van der Waals surface area contributed by atoms with Crippen LogP contribution in [0.15, 0.2) is 66.7 Å². The fourth-order valence-electron chi connectivity index (χ4n) is 4.03. The summed E-state index contributed by atoms with van der Waals surface area (Å²) in [7, 11) is 0. The van der Waals surface area contributed by atoms with E-state index in [1.165, 1.54) is 6.07 Å². The van der Waals surface area contributed by atoms with Gasteiger partial charge in [-0.05, 0) is 71.8 Å². The van der Waals surface area contributed by atoms with Crippen LogP contribution in [0.4, 0.5) is 13.2 Å². The van der Waals surface area contributed by atoms with E-state index in [-0.39, 0.29) is 41.5 Å². The number of carboxylic acids is 1. The molecule has 0 aliphatic heterocycles. The van der Waals surface area contributed by atoms with Crippen molar-refractivity contribution in [3.8, 4) is 5.75 Å². The molecular weight excluding hydrogens is 519 g/mol. The minimum Gasteiger partial charge on any atom is -0.489 e. The summed E-state index contributed by atoms with van der Waals surface area (Å²) in [6, 6.07) is 16.4. The number of aryl methyl sites for hydroxylation is 1. The summed E-state index contributed by atoms with van der Waals surface area (Å²) in [6.45, 7) is 3.94. The third-order valence-electron chi connectivity index (χ3n) is 5.89. The molecule has 0 saturated carbocycles. The number of hydrogen-bond acceptors (Lipinski definition) is 3. The topological polar surface area (TPSA) is 75.6 Å². The van der Waals surface area contributed by atoms with Crippen molar-refractivity contribution < 1.29 is 32.6 Å². The zero-order valence-corrected chi connectivity index (χ0v) is 21.8. The first-order valence-corrected chi connectivity index (χ1v) is 12.5. The Labute approximate surface area is 224 Å². The van der Waals surface area contributed by atoms with Crippen molar-refractivity contribution in [1.29, 1.82) is 0 Å². The third kappa shape index (κ3) is 8.25. The van der Waals surface area contributed by atoms with Gasteiger partial charge < -0.3 is 15.2 Å². The molecule has 0 fully saturated rings. The molecular formula is C29H29ClF3NO4. The number of carbonyl (C=O) groups is 2. The van der Waals surface area contributed by atoms with Gasteiger partial charge in [-0.1, -0.05) is 55.8 Å². The van der Waals surface area contributed by atoms with Gasteiger partial charge >= 0.3 is 12.1 Å². The zero-order valence-electron chi connectivity index (χ0n) is 21.0. The normalized spacial score (nSPS) is 12.3. The number of benzene rings is 3. The van der Waals surface area contributed by atoms with E-state index in [1.807, 2.05) is 32.0 Å². The number of halogens is 4. The standard InChI is InChI=1S/C29H29ClF3NO4/c1-18(2)14-26(24-16-21(29(31,32)33)11-12-25(24)30)34-28(37)23-15-19(8-9-20(23)10-13-27(35)36)17-38-22-6-4-3-5-7-22/h3-9,11-12,15-16,18,26H,10,13-14,17H2,1-2H3,(H,34,37)(H,35,36). The van der Waals surface area contributed by atoms with Crippen LogP contribution in [-0.2, 0) is 24.0 Å². The van der Waals surface area contributed by atoms with Gasteiger partial charge in [-0.25, -0.2) is 0 Å². The van der Waals surface area contributed by atoms with Gasteiger partial charge in [0, 0.05) is 17.0 Å². The lowest BCUT2D eigenvalue weighted by Gasteiger charge is -2.24. The van der Waals surface area contributed by atoms with Crippen LogP contribution in [0.1, 0.15) is 65.3 Å². The number of hydrogen-bond donors (Lipinski definition) is 2. The summed E-state index contributed by atoms with van der Waals surface area (Å²) in [5.74, 6) is -0.875. The highest BCUT2D eigenvalue weighted by atomic mass is 35.5. The first kappa shape index (κ1) is 29.0. The molecule has 0 radical (unpaired) electrons. The van der Waals surface area contributed by atoms with Gasteiger partial charge in [-0.2, -0.15) is 13.2 Å². The van der Waals surface area contributed by atoms with Crippen LogP contribution in [0.3, 0.4) is 0 Å². The van der Waals surface area contributed by atoms with Crippen molar-refractivity contribution >= 4 is 23.5 Å². The molecule has 0 heterocycles. The van der Waals surface area contributed by atoms with E-state index in [1.54, 1.807) is 30.3 Å². The quantitative estimate of drug-likeness (QED) is 0.261. The number of ether oxygens (including phenoxy) is 1. The Morgan fingerprint density at radius 1 is 1.03 bits per heavy atom. The highest BCUT2D eigenvalue weighted by Crippen LogP contribution is 2.35. The van der Waals surface area contributed by atoms with Crippen molar-refractivity contribution in [2.75, 3.05) is 0 Å². The summed E-state index contributed by atoms with van der Waals surface area (Å²) in [6.07, 6.45) is -4.30. The van der Waals surface area contributed by atoms with Crippen LogP contribution in [0.2, 0.25) is 5.02 Å². The summed E-state index contributed by atoms with van der Waals surface area (Å²) >= 11 is 6.29. The number of rotatable bonds is 11. The summed E-state index contributed by atoms with van der Waals surface area (Å²) in [5.41, 5.74) is 0.723. The second-order valence-electron chi connectivity index (χ2n) is 9.38. The monoisotopic (exact) mass is 547 g/mol. The van der Waals surface area contributed by atoms with Crippen molar-refractivity contribution in [3.63, 3.8) is 0 Å². The molecule has 5 nitrogen and oxygen atoms in total. The Bertz CT molecular complexity index is 1260. The fourth-order valence-corrected chi connectivity index (χ4v) is 4.28. The highest BCUT2D eigenvalue weighted by Gasteiger charge is 2.32. The Morgan fingerprint density at radius 2 is 1.74 bits per heavy atom. The van der Waals surface area contributed by atoms with Crippen molar-refractivity contribution in [1.82, 2.24) is 5.32 Å². The first-order chi connectivity index (χ1) is 17.9. The molecule has 0 spiro atoms. The first-order valence-electron chi connectivity index (χ1n) is 12.1. The minimum atomic E-state index is -4.57. The summed E-state index contributed by atoms with van der Waals surface area (Å²) in [4.78, 5) is 24.7. The second kappa shape index (κ2) is 12.8. The maximum atomic E-state index is 13.5. The lowest BCUT2D eigenvalue weighted by atomic mass is 9.94. The van der Waals surface area contributed by atoms with E-state index in [0.29, 0.717) is 23.3 Å². The van der Waals surface area contributed by atoms with Crippen LogP contribution in [0.5, 0.6) is 5.75 Å². The van der Waals surface area contributed by atoms with Crippen LogP contribution in [0.25, 0.3) is 0 Å². The average molecular weight is 548 g/mol. The molecule has 1 unspecified atom stereocenters. The molecule has 0 bridgehead atoms. The van der Waals surface area contributed by atoms with E-state index in [0.717, 1.165) is 12.1 Å². The predicted molar refractivity (Wildman–Crippen MR) is 139 cm³/mol. The highest BCUT2D eigenvalue weighted by molar-refractivity contribution is 6.31. The van der Waals surface area contributed by atoms with Gasteiger partial charge in [-0.3, -0.25) is 9.59 Å². The molecule has 1 atom stereocenters. The number of nitrogens with one attached hydrogen (secondary N) is 1. The van der Waals surface area contributed by atoms with Gasteiger partial charge in [0.25, 0.3) is 5.91 Å². The number of amides is 1. The molecule has 38 heavy (non-hydrogen) atoms. The van der Waals surface area contributed by atoms with Gasteiger partial charge in [0.05, 0.1) is 11.6 Å². The molecule has 3 aromatic carbocycles. The number of carboxylic acid groups (broad SMARTS) is 1. The smallest absolute Gasteiger partial charge is 0.416 e. The van der Waals surface area contributed by atoms with Gasteiger partial charge in [-0.15, -0.1) is 0 Å².